The number of carbonyl (C=O) groups is 2. The van der Waals surface area contributed by atoms with E-state index in [9.17, 15) is 9.59 Å². The maximum atomic E-state index is 11.9. The van der Waals surface area contributed by atoms with Crippen molar-refractivity contribution in [1.82, 2.24) is 15.5 Å². The third-order valence-corrected chi connectivity index (χ3v) is 4.10. The lowest BCUT2D eigenvalue weighted by atomic mass is 10.2. The van der Waals surface area contributed by atoms with Gasteiger partial charge < -0.3 is 10.2 Å². The number of hydrogen-bond acceptors (Lipinski definition) is 4. The second-order valence-electron chi connectivity index (χ2n) is 5.93. The second-order valence-corrected chi connectivity index (χ2v) is 5.93. The Kier molecular flexibility index (Phi) is 6.40. The Morgan fingerprint density at radius 3 is 2.39 bits per heavy atom. The standard InChI is InChI=1S/C17H26N4O2/c1-3-14(2)18-17(23)19-16(22)13-20-9-11-21(12-10-20)15-7-5-4-6-8-15/h4-8,14H,3,9-13H2,1-2H3,(H2,18,19,22,23)/t14-/m1/s1. The lowest BCUT2D eigenvalue weighted by Gasteiger charge is -2.35. The molecule has 1 heterocycles. The van der Waals surface area contributed by atoms with Crippen LogP contribution in [0.3, 0.4) is 0 Å². The molecule has 23 heavy (non-hydrogen) atoms. The van der Waals surface area contributed by atoms with Crippen LogP contribution in [-0.4, -0.2) is 55.6 Å². The third-order valence-electron chi connectivity index (χ3n) is 4.10. The highest BCUT2D eigenvalue weighted by Crippen LogP contribution is 2.15. The largest absolute Gasteiger partial charge is 0.369 e. The summed E-state index contributed by atoms with van der Waals surface area (Å²) in [5.74, 6) is -0.251. The summed E-state index contributed by atoms with van der Waals surface area (Å²) in [6.45, 7) is 7.56. The number of para-hydroxylation sites is 1. The molecule has 0 radical (unpaired) electrons. The normalized spacial score (nSPS) is 16.7. The lowest BCUT2D eigenvalue weighted by Crippen LogP contribution is -2.51. The van der Waals surface area contributed by atoms with Crippen molar-refractivity contribution in [2.75, 3.05) is 37.6 Å². The molecule has 126 valence electrons. The van der Waals surface area contributed by atoms with E-state index >= 15 is 0 Å². The zero-order valence-corrected chi connectivity index (χ0v) is 13.9. The number of anilines is 1. The summed E-state index contributed by atoms with van der Waals surface area (Å²) in [5, 5.41) is 5.12. The number of benzene rings is 1. The van der Waals surface area contributed by atoms with Crippen molar-refractivity contribution in [2.24, 2.45) is 0 Å². The minimum Gasteiger partial charge on any atom is -0.369 e. The fourth-order valence-corrected chi connectivity index (χ4v) is 2.53. The number of nitrogens with one attached hydrogen (secondary N) is 2. The number of amides is 3. The van der Waals surface area contributed by atoms with Crippen molar-refractivity contribution in [1.29, 1.82) is 0 Å². The van der Waals surface area contributed by atoms with E-state index in [1.807, 2.05) is 32.0 Å². The summed E-state index contributed by atoms with van der Waals surface area (Å²) in [7, 11) is 0. The zero-order chi connectivity index (χ0) is 16.7. The predicted molar refractivity (Wildman–Crippen MR) is 91.5 cm³/mol. The topological polar surface area (TPSA) is 64.7 Å². The van der Waals surface area contributed by atoms with Crippen molar-refractivity contribution in [2.45, 2.75) is 26.3 Å². The van der Waals surface area contributed by atoms with Crippen molar-refractivity contribution in [3.05, 3.63) is 30.3 Å². The first-order valence-electron chi connectivity index (χ1n) is 8.21. The molecule has 6 nitrogen and oxygen atoms in total. The quantitative estimate of drug-likeness (QED) is 0.862. The summed E-state index contributed by atoms with van der Waals surface area (Å²) in [5.41, 5.74) is 1.21. The summed E-state index contributed by atoms with van der Waals surface area (Å²) < 4.78 is 0. The molecule has 1 atom stereocenters. The molecule has 1 fully saturated rings. The van der Waals surface area contributed by atoms with Crippen LogP contribution in [-0.2, 0) is 4.79 Å². The zero-order valence-electron chi connectivity index (χ0n) is 13.9. The highest BCUT2D eigenvalue weighted by Gasteiger charge is 2.20. The summed E-state index contributed by atoms with van der Waals surface area (Å²) in [6.07, 6.45) is 0.836. The minimum atomic E-state index is -0.410. The van der Waals surface area contributed by atoms with Crippen molar-refractivity contribution in [3.8, 4) is 0 Å². The van der Waals surface area contributed by atoms with Crippen LogP contribution in [0, 0.1) is 0 Å². The van der Waals surface area contributed by atoms with Gasteiger partial charge in [-0.3, -0.25) is 15.0 Å². The predicted octanol–water partition coefficient (Wildman–Crippen LogP) is 1.43. The molecule has 1 saturated heterocycles. The monoisotopic (exact) mass is 318 g/mol. The lowest BCUT2D eigenvalue weighted by molar-refractivity contribution is -0.121. The molecule has 2 rings (SSSR count). The van der Waals surface area contributed by atoms with E-state index in [4.69, 9.17) is 0 Å². The maximum Gasteiger partial charge on any atom is 0.321 e. The van der Waals surface area contributed by atoms with Gasteiger partial charge in [-0.2, -0.15) is 0 Å². The van der Waals surface area contributed by atoms with E-state index in [2.05, 4.69) is 32.6 Å². The molecule has 0 spiro atoms. The molecule has 6 heteroatoms. The molecule has 1 aromatic rings. The number of urea groups is 1. The van der Waals surface area contributed by atoms with Gasteiger partial charge in [0.25, 0.3) is 0 Å². The molecule has 1 aromatic carbocycles. The molecule has 0 aliphatic carbocycles. The first-order chi connectivity index (χ1) is 11.1. The van der Waals surface area contributed by atoms with Crippen molar-refractivity contribution >= 4 is 17.6 Å². The maximum absolute atomic E-state index is 11.9. The molecular formula is C17H26N4O2. The molecule has 0 aromatic heterocycles. The van der Waals surface area contributed by atoms with Crippen LogP contribution < -0.4 is 15.5 Å². The van der Waals surface area contributed by atoms with Gasteiger partial charge in [-0.1, -0.05) is 25.1 Å². The molecule has 1 aliphatic rings. The van der Waals surface area contributed by atoms with Crippen LogP contribution in [0.5, 0.6) is 0 Å². The van der Waals surface area contributed by atoms with Crippen molar-refractivity contribution in [3.63, 3.8) is 0 Å². The van der Waals surface area contributed by atoms with Crippen LogP contribution in [0.1, 0.15) is 20.3 Å². The molecule has 2 N–H and O–H groups in total. The summed E-state index contributed by atoms with van der Waals surface area (Å²) >= 11 is 0. The Balaban J connectivity index is 1.71. The van der Waals surface area contributed by atoms with Crippen LogP contribution in [0.15, 0.2) is 30.3 Å². The molecular weight excluding hydrogens is 292 g/mol. The fourth-order valence-electron chi connectivity index (χ4n) is 2.53. The molecule has 3 amide bonds. The average Bonchev–Trinajstić information content (AvgIpc) is 2.56. The van der Waals surface area contributed by atoms with Gasteiger partial charge in [-0.25, -0.2) is 4.79 Å². The Labute approximate surface area is 137 Å². The highest BCUT2D eigenvalue weighted by atomic mass is 16.2. The highest BCUT2D eigenvalue weighted by molar-refractivity contribution is 5.95. The van der Waals surface area contributed by atoms with Gasteiger partial charge in [0.15, 0.2) is 0 Å². The van der Waals surface area contributed by atoms with Gasteiger partial charge in [0.1, 0.15) is 0 Å². The Hall–Kier alpha value is -2.08. The number of piperazine rings is 1. The van der Waals surface area contributed by atoms with E-state index in [1.54, 1.807) is 0 Å². The molecule has 1 aliphatic heterocycles. The van der Waals surface area contributed by atoms with Gasteiger partial charge in [-0.15, -0.1) is 0 Å². The number of hydrogen-bond donors (Lipinski definition) is 2. The van der Waals surface area contributed by atoms with Crippen LogP contribution in [0.4, 0.5) is 10.5 Å². The van der Waals surface area contributed by atoms with Crippen molar-refractivity contribution < 1.29 is 9.59 Å². The summed E-state index contributed by atoms with van der Waals surface area (Å²) in [6, 6.07) is 9.93. The van der Waals surface area contributed by atoms with Crippen LogP contribution >= 0.6 is 0 Å². The smallest absolute Gasteiger partial charge is 0.321 e. The van der Waals surface area contributed by atoms with Gasteiger partial charge in [0.05, 0.1) is 6.54 Å². The van der Waals surface area contributed by atoms with Gasteiger partial charge in [-0.05, 0) is 25.5 Å². The van der Waals surface area contributed by atoms with Crippen LogP contribution in [0.25, 0.3) is 0 Å². The van der Waals surface area contributed by atoms with E-state index in [0.717, 1.165) is 32.6 Å². The Bertz CT molecular complexity index is 513. The van der Waals surface area contributed by atoms with Gasteiger partial charge in [0.2, 0.25) is 5.91 Å². The first-order valence-corrected chi connectivity index (χ1v) is 8.21. The van der Waals surface area contributed by atoms with Crippen LogP contribution in [0.2, 0.25) is 0 Å². The first kappa shape index (κ1) is 17.3. The Morgan fingerprint density at radius 1 is 1.13 bits per heavy atom. The second kappa shape index (κ2) is 8.53. The van der Waals surface area contributed by atoms with Gasteiger partial charge in [0, 0.05) is 37.9 Å². The third kappa shape index (κ3) is 5.56. The molecule has 0 unspecified atom stereocenters. The number of imide groups is 1. The van der Waals surface area contributed by atoms with E-state index in [1.165, 1.54) is 5.69 Å². The number of nitrogens with zero attached hydrogens (tertiary/aromatic N) is 2. The van der Waals surface area contributed by atoms with E-state index in [0.29, 0.717) is 0 Å². The Morgan fingerprint density at radius 2 is 1.78 bits per heavy atom. The average molecular weight is 318 g/mol. The minimum absolute atomic E-state index is 0.0669. The molecule has 0 saturated carbocycles. The fraction of sp³-hybridized carbons (Fsp3) is 0.529. The number of carbonyl (C=O) groups excluding carboxylic acids is 2. The SMILES string of the molecule is CC[C@@H](C)NC(=O)NC(=O)CN1CCN(c2ccccc2)CC1. The summed E-state index contributed by atoms with van der Waals surface area (Å²) in [4.78, 5) is 27.9. The van der Waals surface area contributed by atoms with E-state index in [-0.39, 0.29) is 18.5 Å². The van der Waals surface area contributed by atoms with Gasteiger partial charge >= 0.3 is 6.03 Å². The molecule has 0 bridgehead atoms. The van der Waals surface area contributed by atoms with E-state index < -0.39 is 6.03 Å². The number of rotatable bonds is 5.